The normalized spacial score (nSPS) is 18.4. The largest absolute Gasteiger partial charge is 0.339 e. The van der Waals surface area contributed by atoms with Crippen LogP contribution in [0.4, 0.5) is 0 Å². The number of rotatable bonds is 2. The van der Waals surface area contributed by atoms with E-state index >= 15 is 0 Å². The smallest absolute Gasteiger partial charge is 0.248 e. The molecule has 1 heterocycles. The van der Waals surface area contributed by atoms with Crippen LogP contribution in [0.2, 0.25) is 0 Å². The van der Waals surface area contributed by atoms with Crippen LogP contribution < -0.4 is 0 Å². The minimum absolute atomic E-state index is 0.0971. The molecule has 0 aromatic carbocycles. The number of nitrogens with zero attached hydrogens (tertiary/aromatic N) is 2. The number of carbonyl (C=O) groups is 1. The average Bonchev–Trinajstić information content (AvgIpc) is 2.19. The first kappa shape index (κ1) is 9.18. The number of likely N-dealkylation sites (N-methyl/N-ethyl adjacent to an activating group) is 1. The lowest BCUT2D eigenvalue weighted by Crippen LogP contribution is -2.30. The molecule has 3 nitrogen and oxygen atoms in total. The van der Waals surface area contributed by atoms with Gasteiger partial charge in [-0.3, -0.25) is 9.69 Å². The zero-order valence-electron chi connectivity index (χ0n) is 6.21. The Bertz CT molecular complexity index is 197. The molecule has 0 aliphatic carbocycles. The van der Waals surface area contributed by atoms with Crippen molar-refractivity contribution in [3.05, 3.63) is 0 Å². The van der Waals surface area contributed by atoms with Gasteiger partial charge in [-0.1, -0.05) is 22.6 Å². The van der Waals surface area contributed by atoms with E-state index in [1.807, 2.05) is 4.90 Å². The molecule has 0 radical (unpaired) electrons. The fraction of sp³-hybridized carbons (Fsp3) is 0.667. The Morgan fingerprint density at radius 3 is 2.73 bits per heavy atom. The van der Waals surface area contributed by atoms with Gasteiger partial charge in [0.2, 0.25) is 5.91 Å². The fourth-order valence-electron chi connectivity index (χ4n) is 0.932. The van der Waals surface area contributed by atoms with E-state index in [9.17, 15) is 4.79 Å². The molecular formula is C6H9IN2OS. The van der Waals surface area contributed by atoms with Gasteiger partial charge in [0.1, 0.15) is 0 Å². The standard InChI is InChI=1S/C6H9IN2OS/c1-8-5(10)4-9(3-2-7)6(8)11/h2-4H2,1H3. The molecule has 62 valence electrons. The molecule has 5 heteroatoms. The number of amides is 1. The maximum absolute atomic E-state index is 11.1. The fourth-order valence-corrected chi connectivity index (χ4v) is 1.77. The molecule has 1 fully saturated rings. The Balaban J connectivity index is 2.60. The molecule has 1 saturated heterocycles. The SMILES string of the molecule is CN1C(=O)CN(CCI)C1=S. The van der Waals surface area contributed by atoms with Crippen molar-refractivity contribution in [1.82, 2.24) is 9.80 Å². The molecule has 0 N–H and O–H groups in total. The van der Waals surface area contributed by atoms with Gasteiger partial charge in [0, 0.05) is 18.0 Å². The molecule has 0 saturated carbocycles. The average molecular weight is 284 g/mol. The van der Waals surface area contributed by atoms with E-state index in [0.717, 1.165) is 11.0 Å². The van der Waals surface area contributed by atoms with Crippen LogP contribution in [0.25, 0.3) is 0 Å². The minimum atomic E-state index is 0.0971. The van der Waals surface area contributed by atoms with Gasteiger partial charge in [-0.15, -0.1) is 0 Å². The highest BCUT2D eigenvalue weighted by molar-refractivity contribution is 14.1. The molecule has 1 rings (SSSR count). The molecule has 1 aliphatic rings. The van der Waals surface area contributed by atoms with Gasteiger partial charge in [0.15, 0.2) is 5.11 Å². The molecule has 0 spiro atoms. The first-order chi connectivity index (χ1) is 5.16. The Morgan fingerprint density at radius 1 is 1.73 bits per heavy atom. The second-order valence-corrected chi connectivity index (χ2v) is 3.79. The molecule has 0 unspecified atom stereocenters. The van der Waals surface area contributed by atoms with Crippen LogP contribution in [-0.2, 0) is 4.79 Å². The van der Waals surface area contributed by atoms with Crippen LogP contribution >= 0.6 is 34.8 Å². The van der Waals surface area contributed by atoms with Gasteiger partial charge < -0.3 is 4.90 Å². The maximum atomic E-state index is 11.1. The molecule has 1 amide bonds. The van der Waals surface area contributed by atoms with E-state index in [-0.39, 0.29) is 5.91 Å². The predicted octanol–water partition coefficient (Wildman–Crippen LogP) is 0.480. The Morgan fingerprint density at radius 2 is 2.36 bits per heavy atom. The second-order valence-electron chi connectivity index (χ2n) is 2.35. The number of hydrogen-bond acceptors (Lipinski definition) is 2. The Labute approximate surface area is 84.9 Å². The van der Waals surface area contributed by atoms with Gasteiger partial charge in [-0.2, -0.15) is 0 Å². The summed E-state index contributed by atoms with van der Waals surface area (Å²) in [5, 5.41) is 0.659. The predicted molar refractivity (Wildman–Crippen MR) is 55.8 cm³/mol. The molecule has 0 aromatic heterocycles. The van der Waals surface area contributed by atoms with Crippen LogP contribution in [-0.4, -0.2) is 45.4 Å². The number of alkyl halides is 1. The molecule has 11 heavy (non-hydrogen) atoms. The van der Waals surface area contributed by atoms with Crippen molar-refractivity contribution in [2.75, 3.05) is 24.6 Å². The lowest BCUT2D eigenvalue weighted by atomic mass is 10.5. The quantitative estimate of drug-likeness (QED) is 0.419. The van der Waals surface area contributed by atoms with Gasteiger partial charge in [0.05, 0.1) is 6.54 Å². The summed E-state index contributed by atoms with van der Waals surface area (Å²) in [5.41, 5.74) is 0. The van der Waals surface area contributed by atoms with Crippen molar-refractivity contribution in [1.29, 1.82) is 0 Å². The van der Waals surface area contributed by atoms with E-state index in [0.29, 0.717) is 11.7 Å². The summed E-state index contributed by atoms with van der Waals surface area (Å²) in [4.78, 5) is 14.5. The third-order valence-corrected chi connectivity index (χ3v) is 2.63. The van der Waals surface area contributed by atoms with Crippen LogP contribution in [0.5, 0.6) is 0 Å². The molecule has 1 aliphatic heterocycles. The lowest BCUT2D eigenvalue weighted by Gasteiger charge is -2.15. The molecular weight excluding hydrogens is 275 g/mol. The minimum Gasteiger partial charge on any atom is -0.339 e. The number of thiocarbonyl (C=S) groups is 1. The second kappa shape index (κ2) is 3.66. The first-order valence-corrected chi connectivity index (χ1v) is 5.21. The Kier molecular flexibility index (Phi) is 3.06. The zero-order valence-corrected chi connectivity index (χ0v) is 9.18. The highest BCUT2D eigenvalue weighted by Gasteiger charge is 2.28. The maximum Gasteiger partial charge on any atom is 0.248 e. The van der Waals surface area contributed by atoms with Crippen LogP contribution in [0.3, 0.4) is 0 Å². The first-order valence-electron chi connectivity index (χ1n) is 3.28. The summed E-state index contributed by atoms with van der Waals surface area (Å²) < 4.78 is 0.999. The van der Waals surface area contributed by atoms with Crippen LogP contribution in [0.15, 0.2) is 0 Å². The van der Waals surface area contributed by atoms with Gasteiger partial charge in [0.25, 0.3) is 0 Å². The van der Waals surface area contributed by atoms with Crippen molar-refractivity contribution in [2.45, 2.75) is 0 Å². The van der Waals surface area contributed by atoms with Crippen molar-refractivity contribution >= 4 is 45.8 Å². The summed E-state index contributed by atoms with van der Waals surface area (Å²) >= 11 is 7.30. The highest BCUT2D eigenvalue weighted by Crippen LogP contribution is 2.07. The Hall–Kier alpha value is 0.0900. The van der Waals surface area contributed by atoms with E-state index in [2.05, 4.69) is 22.6 Å². The topological polar surface area (TPSA) is 23.6 Å². The van der Waals surface area contributed by atoms with Crippen molar-refractivity contribution in [3.8, 4) is 0 Å². The summed E-state index contributed by atoms with van der Waals surface area (Å²) in [6.07, 6.45) is 0. The van der Waals surface area contributed by atoms with Crippen molar-refractivity contribution in [2.24, 2.45) is 0 Å². The summed E-state index contributed by atoms with van der Waals surface area (Å²) in [6.45, 7) is 1.33. The van der Waals surface area contributed by atoms with Gasteiger partial charge in [-0.05, 0) is 12.2 Å². The highest BCUT2D eigenvalue weighted by atomic mass is 127. The van der Waals surface area contributed by atoms with E-state index < -0.39 is 0 Å². The van der Waals surface area contributed by atoms with Crippen LogP contribution in [0.1, 0.15) is 0 Å². The summed E-state index contributed by atoms with van der Waals surface area (Å²) in [5.74, 6) is 0.0971. The van der Waals surface area contributed by atoms with Crippen molar-refractivity contribution in [3.63, 3.8) is 0 Å². The summed E-state index contributed by atoms with van der Waals surface area (Å²) in [7, 11) is 1.72. The van der Waals surface area contributed by atoms with E-state index in [4.69, 9.17) is 12.2 Å². The van der Waals surface area contributed by atoms with Crippen molar-refractivity contribution < 1.29 is 4.79 Å². The van der Waals surface area contributed by atoms with E-state index in [1.165, 1.54) is 4.90 Å². The van der Waals surface area contributed by atoms with Crippen LogP contribution in [0, 0.1) is 0 Å². The molecule has 0 bridgehead atoms. The molecule has 0 aromatic rings. The number of hydrogen-bond donors (Lipinski definition) is 0. The van der Waals surface area contributed by atoms with Gasteiger partial charge >= 0.3 is 0 Å². The number of carbonyl (C=O) groups excluding carboxylic acids is 1. The zero-order chi connectivity index (χ0) is 8.43. The lowest BCUT2D eigenvalue weighted by molar-refractivity contribution is -0.124. The number of halogens is 1. The third kappa shape index (κ3) is 1.81. The third-order valence-electron chi connectivity index (χ3n) is 1.61. The monoisotopic (exact) mass is 284 g/mol. The molecule has 0 atom stereocenters. The summed E-state index contributed by atoms with van der Waals surface area (Å²) in [6, 6.07) is 0. The van der Waals surface area contributed by atoms with E-state index in [1.54, 1.807) is 7.05 Å². The van der Waals surface area contributed by atoms with Gasteiger partial charge in [-0.25, -0.2) is 0 Å².